The first-order valence-electron chi connectivity index (χ1n) is 11.9. The minimum Gasteiger partial charge on any atom is -0.472 e. The molecule has 1 N–H and O–H groups in total. The van der Waals surface area contributed by atoms with Crippen LogP contribution < -0.4 is 15.8 Å². The van der Waals surface area contributed by atoms with Gasteiger partial charge in [-0.05, 0) is 79.6 Å². The van der Waals surface area contributed by atoms with Crippen LogP contribution in [0, 0.1) is 6.92 Å². The van der Waals surface area contributed by atoms with Gasteiger partial charge in [0.05, 0.1) is 28.4 Å². The van der Waals surface area contributed by atoms with E-state index >= 15 is 0 Å². The number of nitrogens with one attached hydrogen (secondary N) is 1. The molecule has 0 bridgehead atoms. The van der Waals surface area contributed by atoms with Gasteiger partial charge in [-0.25, -0.2) is 4.98 Å². The monoisotopic (exact) mass is 490 g/mol. The van der Waals surface area contributed by atoms with Gasteiger partial charge in [0, 0.05) is 23.5 Å². The third-order valence-electron chi connectivity index (χ3n) is 6.58. The molecule has 0 unspecified atom stereocenters. The Morgan fingerprint density at radius 1 is 0.973 bits per heavy atom. The molecule has 0 spiro atoms. The van der Waals surface area contributed by atoms with E-state index in [1.807, 2.05) is 30.3 Å². The van der Waals surface area contributed by atoms with Crippen molar-refractivity contribution in [3.05, 3.63) is 118 Å². The van der Waals surface area contributed by atoms with Crippen molar-refractivity contribution < 1.29 is 14.0 Å². The van der Waals surface area contributed by atoms with Crippen molar-refractivity contribution in [2.75, 3.05) is 16.8 Å². The lowest BCUT2D eigenvalue weighted by atomic mass is 10.1. The number of furan rings is 1. The number of carbonyl (C=O) groups is 2. The van der Waals surface area contributed by atoms with Crippen LogP contribution in [0.2, 0.25) is 0 Å². The van der Waals surface area contributed by atoms with E-state index in [1.165, 1.54) is 12.5 Å². The second-order valence-corrected chi connectivity index (χ2v) is 8.88. The highest BCUT2D eigenvalue weighted by atomic mass is 16.3. The Kier molecular flexibility index (Phi) is 5.41. The van der Waals surface area contributed by atoms with E-state index in [0.717, 1.165) is 11.3 Å². The standard InChI is InChI=1S/C29H22N4O4/c1-18-30-25-5-3-2-4-24(25)29(36)33(18)23-9-6-19(7-10-23)27(34)31-22-8-11-26-20(16-22)12-14-32(26)28(35)21-13-15-37-17-21/h2-11,13,15-17H,12,14H2,1H3,(H,31,34). The summed E-state index contributed by atoms with van der Waals surface area (Å²) < 4.78 is 6.58. The summed E-state index contributed by atoms with van der Waals surface area (Å²) >= 11 is 0. The van der Waals surface area contributed by atoms with Gasteiger partial charge >= 0.3 is 0 Å². The van der Waals surface area contributed by atoms with Crippen LogP contribution in [-0.4, -0.2) is 27.9 Å². The Morgan fingerprint density at radius 2 is 1.78 bits per heavy atom. The number of aryl methyl sites for hydroxylation is 1. The van der Waals surface area contributed by atoms with Gasteiger partial charge in [0.1, 0.15) is 12.1 Å². The number of para-hydroxylation sites is 1. The molecule has 1 aliphatic rings. The van der Waals surface area contributed by atoms with E-state index in [1.54, 1.807) is 58.9 Å². The second-order valence-electron chi connectivity index (χ2n) is 8.88. The van der Waals surface area contributed by atoms with Crippen LogP contribution in [0.5, 0.6) is 0 Å². The number of anilines is 2. The fourth-order valence-electron chi connectivity index (χ4n) is 4.75. The molecule has 2 aromatic heterocycles. The van der Waals surface area contributed by atoms with Gasteiger partial charge in [0.2, 0.25) is 0 Å². The van der Waals surface area contributed by atoms with Gasteiger partial charge in [0.15, 0.2) is 0 Å². The number of hydrogen-bond acceptors (Lipinski definition) is 5. The van der Waals surface area contributed by atoms with Crippen LogP contribution in [0.3, 0.4) is 0 Å². The third kappa shape index (κ3) is 3.98. The van der Waals surface area contributed by atoms with E-state index in [9.17, 15) is 14.4 Å². The number of benzene rings is 3. The number of fused-ring (bicyclic) bond motifs is 2. The first-order chi connectivity index (χ1) is 18.0. The molecule has 2 amide bonds. The van der Waals surface area contributed by atoms with Crippen LogP contribution in [-0.2, 0) is 6.42 Å². The van der Waals surface area contributed by atoms with Crippen molar-refractivity contribution in [3.8, 4) is 5.69 Å². The molecule has 8 heteroatoms. The summed E-state index contributed by atoms with van der Waals surface area (Å²) in [5, 5.41) is 3.47. The van der Waals surface area contributed by atoms with Gasteiger partial charge in [-0.15, -0.1) is 0 Å². The Labute approximate surface area is 211 Å². The molecule has 0 aliphatic carbocycles. The van der Waals surface area contributed by atoms with Crippen LogP contribution in [0.15, 0.2) is 94.5 Å². The van der Waals surface area contributed by atoms with Gasteiger partial charge in [-0.3, -0.25) is 19.0 Å². The summed E-state index contributed by atoms with van der Waals surface area (Å²) in [4.78, 5) is 45.0. The molecule has 6 rings (SSSR count). The Hall–Kier alpha value is -4.98. The highest BCUT2D eigenvalue weighted by Gasteiger charge is 2.26. The van der Waals surface area contributed by atoms with E-state index in [0.29, 0.717) is 52.2 Å². The second kappa shape index (κ2) is 8.91. The number of rotatable bonds is 4. The molecular weight excluding hydrogens is 468 g/mol. The lowest BCUT2D eigenvalue weighted by molar-refractivity contribution is 0.0987. The van der Waals surface area contributed by atoms with E-state index in [2.05, 4.69) is 10.3 Å². The summed E-state index contributed by atoms with van der Waals surface area (Å²) in [5.41, 5.74) is 4.57. The maximum absolute atomic E-state index is 13.0. The molecule has 0 radical (unpaired) electrons. The minimum atomic E-state index is -0.267. The fourth-order valence-corrected chi connectivity index (χ4v) is 4.75. The molecule has 182 valence electrons. The lowest BCUT2D eigenvalue weighted by Gasteiger charge is -2.16. The summed E-state index contributed by atoms with van der Waals surface area (Å²) in [6, 6.07) is 21.3. The number of aromatic nitrogens is 2. The lowest BCUT2D eigenvalue weighted by Crippen LogP contribution is -2.28. The summed E-state index contributed by atoms with van der Waals surface area (Å²) in [6.07, 6.45) is 3.62. The molecule has 37 heavy (non-hydrogen) atoms. The number of nitrogens with zero attached hydrogens (tertiary/aromatic N) is 3. The van der Waals surface area contributed by atoms with Crippen LogP contribution >= 0.6 is 0 Å². The highest BCUT2D eigenvalue weighted by molar-refractivity contribution is 6.08. The number of hydrogen-bond donors (Lipinski definition) is 1. The largest absolute Gasteiger partial charge is 0.472 e. The quantitative estimate of drug-likeness (QED) is 0.392. The molecule has 0 saturated carbocycles. The Balaban J connectivity index is 1.21. The first kappa shape index (κ1) is 22.5. The first-order valence-corrected chi connectivity index (χ1v) is 11.9. The average molecular weight is 491 g/mol. The van der Waals surface area contributed by atoms with Gasteiger partial charge in [-0.1, -0.05) is 12.1 Å². The van der Waals surface area contributed by atoms with Crippen molar-refractivity contribution >= 4 is 34.1 Å². The Morgan fingerprint density at radius 3 is 2.57 bits per heavy atom. The maximum Gasteiger partial charge on any atom is 0.265 e. The molecule has 5 aromatic rings. The zero-order chi connectivity index (χ0) is 25.5. The number of carbonyl (C=O) groups excluding carboxylic acids is 2. The topological polar surface area (TPSA) is 97.4 Å². The summed E-state index contributed by atoms with van der Waals surface area (Å²) in [6.45, 7) is 2.35. The van der Waals surface area contributed by atoms with Crippen molar-refractivity contribution in [1.29, 1.82) is 0 Å². The maximum atomic E-state index is 13.0. The molecule has 8 nitrogen and oxygen atoms in total. The molecule has 0 fully saturated rings. The van der Waals surface area contributed by atoms with Crippen molar-refractivity contribution in [2.45, 2.75) is 13.3 Å². The van der Waals surface area contributed by atoms with Gasteiger partial charge in [0.25, 0.3) is 17.4 Å². The smallest absolute Gasteiger partial charge is 0.265 e. The zero-order valence-corrected chi connectivity index (χ0v) is 20.0. The Bertz CT molecular complexity index is 1720. The molecular formula is C29H22N4O4. The van der Waals surface area contributed by atoms with Crippen LogP contribution in [0.1, 0.15) is 32.1 Å². The van der Waals surface area contributed by atoms with Crippen molar-refractivity contribution in [1.82, 2.24) is 9.55 Å². The van der Waals surface area contributed by atoms with E-state index in [4.69, 9.17) is 4.42 Å². The zero-order valence-electron chi connectivity index (χ0n) is 20.0. The predicted molar refractivity (Wildman–Crippen MR) is 141 cm³/mol. The fraction of sp³-hybridized carbons (Fsp3) is 0.103. The van der Waals surface area contributed by atoms with Crippen LogP contribution in [0.4, 0.5) is 11.4 Å². The predicted octanol–water partition coefficient (Wildman–Crippen LogP) is 4.74. The molecule has 3 aromatic carbocycles. The minimum absolute atomic E-state index is 0.111. The summed E-state index contributed by atoms with van der Waals surface area (Å²) in [7, 11) is 0. The third-order valence-corrected chi connectivity index (χ3v) is 6.58. The number of amides is 2. The SMILES string of the molecule is Cc1nc2ccccc2c(=O)n1-c1ccc(C(=O)Nc2ccc3c(c2)CCN3C(=O)c2ccoc2)cc1. The van der Waals surface area contributed by atoms with Gasteiger partial charge in [-0.2, -0.15) is 0 Å². The van der Waals surface area contributed by atoms with E-state index < -0.39 is 0 Å². The van der Waals surface area contributed by atoms with E-state index in [-0.39, 0.29) is 17.4 Å². The molecule has 3 heterocycles. The van der Waals surface area contributed by atoms with Crippen molar-refractivity contribution in [2.24, 2.45) is 0 Å². The highest BCUT2D eigenvalue weighted by Crippen LogP contribution is 2.32. The average Bonchev–Trinajstić information content (AvgIpc) is 3.59. The summed E-state index contributed by atoms with van der Waals surface area (Å²) in [5.74, 6) is 0.191. The molecule has 0 atom stereocenters. The molecule has 0 saturated heterocycles. The molecule has 1 aliphatic heterocycles. The normalized spacial score (nSPS) is 12.5. The van der Waals surface area contributed by atoms with Gasteiger partial charge < -0.3 is 14.6 Å². The van der Waals surface area contributed by atoms with Crippen molar-refractivity contribution in [3.63, 3.8) is 0 Å². The van der Waals surface area contributed by atoms with Crippen LogP contribution in [0.25, 0.3) is 16.6 Å².